The molecular weight excluding hydrogens is 384 g/mol. The summed E-state index contributed by atoms with van der Waals surface area (Å²) >= 11 is 1.62. The van der Waals surface area contributed by atoms with Crippen LogP contribution in [-0.4, -0.2) is 45.4 Å². The van der Waals surface area contributed by atoms with E-state index in [0.717, 1.165) is 52.2 Å². The summed E-state index contributed by atoms with van der Waals surface area (Å²) in [6, 6.07) is 9.77. The minimum absolute atomic E-state index is 0.0557. The molecule has 4 rings (SSSR count). The van der Waals surface area contributed by atoms with Crippen molar-refractivity contribution in [1.29, 1.82) is 0 Å². The average molecular weight is 409 g/mol. The third kappa shape index (κ3) is 4.60. The predicted octanol–water partition coefficient (Wildman–Crippen LogP) is 3.36. The molecule has 0 bridgehead atoms. The number of pyridine rings is 2. The SMILES string of the molecule is CNC(=O)[C@@H]1CCCN1Cc1ncc(-c2cccc(Nc3cc(C)ccn3)n2)s1. The average Bonchev–Trinajstić information content (AvgIpc) is 3.38. The second-order valence-corrected chi connectivity index (χ2v) is 8.23. The molecular formula is C21H24N6OS. The molecule has 1 aliphatic heterocycles. The van der Waals surface area contributed by atoms with Gasteiger partial charge in [0.2, 0.25) is 5.91 Å². The zero-order valence-corrected chi connectivity index (χ0v) is 17.4. The van der Waals surface area contributed by atoms with Crippen molar-refractivity contribution >= 4 is 28.9 Å². The van der Waals surface area contributed by atoms with Crippen LogP contribution in [0.15, 0.2) is 42.7 Å². The molecule has 0 saturated carbocycles. The second kappa shape index (κ2) is 8.67. The lowest BCUT2D eigenvalue weighted by Crippen LogP contribution is -2.41. The van der Waals surface area contributed by atoms with Crippen molar-refractivity contribution in [2.75, 3.05) is 18.9 Å². The molecule has 8 heteroatoms. The van der Waals surface area contributed by atoms with Crippen LogP contribution >= 0.6 is 11.3 Å². The van der Waals surface area contributed by atoms with E-state index in [9.17, 15) is 4.79 Å². The number of nitrogens with zero attached hydrogens (tertiary/aromatic N) is 4. The summed E-state index contributed by atoms with van der Waals surface area (Å²) in [6.07, 6.45) is 5.59. The molecule has 2 N–H and O–H groups in total. The van der Waals surface area contributed by atoms with Crippen molar-refractivity contribution in [2.24, 2.45) is 0 Å². The van der Waals surface area contributed by atoms with E-state index in [1.165, 1.54) is 0 Å². The topological polar surface area (TPSA) is 83.0 Å². The van der Waals surface area contributed by atoms with Crippen LogP contribution in [0.1, 0.15) is 23.4 Å². The molecule has 1 atom stereocenters. The molecule has 1 amide bonds. The summed E-state index contributed by atoms with van der Waals surface area (Å²) in [5.41, 5.74) is 2.01. The van der Waals surface area contributed by atoms with Crippen LogP contribution in [0.2, 0.25) is 0 Å². The molecule has 7 nitrogen and oxygen atoms in total. The number of likely N-dealkylation sites (N-methyl/N-ethyl adjacent to an activating group) is 1. The normalized spacial score (nSPS) is 16.7. The third-order valence-corrected chi connectivity index (χ3v) is 5.98. The molecule has 0 aliphatic carbocycles. The second-order valence-electron chi connectivity index (χ2n) is 7.11. The monoisotopic (exact) mass is 408 g/mol. The molecule has 4 heterocycles. The number of likely N-dealkylation sites (tertiary alicyclic amines) is 1. The van der Waals surface area contributed by atoms with Gasteiger partial charge in [0.05, 0.1) is 23.2 Å². The Balaban J connectivity index is 1.47. The fourth-order valence-electron chi connectivity index (χ4n) is 3.53. The number of anilines is 2. The standard InChI is InChI=1S/C21H24N6OS/c1-14-8-9-23-19(11-14)26-18-7-3-5-15(25-18)17-12-24-20(29-17)13-27-10-4-6-16(27)21(28)22-2/h3,5,7-9,11-12,16H,4,6,10,13H2,1-2H3,(H,22,28)(H,23,25,26)/t16-/m0/s1. The van der Waals surface area contributed by atoms with E-state index in [2.05, 4.69) is 25.5 Å². The van der Waals surface area contributed by atoms with Crippen LogP contribution in [0.25, 0.3) is 10.6 Å². The highest BCUT2D eigenvalue weighted by atomic mass is 32.1. The predicted molar refractivity (Wildman–Crippen MR) is 115 cm³/mol. The maximum atomic E-state index is 12.1. The highest BCUT2D eigenvalue weighted by molar-refractivity contribution is 7.15. The Labute approximate surface area is 174 Å². The first-order valence-electron chi connectivity index (χ1n) is 9.70. The number of hydrogen-bond acceptors (Lipinski definition) is 7. The third-order valence-electron chi connectivity index (χ3n) is 4.98. The van der Waals surface area contributed by atoms with E-state index >= 15 is 0 Å². The maximum Gasteiger partial charge on any atom is 0.237 e. The van der Waals surface area contributed by atoms with Gasteiger partial charge in [0.1, 0.15) is 16.6 Å². The Morgan fingerprint density at radius 1 is 1.28 bits per heavy atom. The first-order chi connectivity index (χ1) is 14.1. The lowest BCUT2D eigenvalue weighted by Gasteiger charge is -2.21. The van der Waals surface area contributed by atoms with Crippen LogP contribution in [0.5, 0.6) is 0 Å². The first kappa shape index (κ1) is 19.5. The lowest BCUT2D eigenvalue weighted by atomic mass is 10.2. The van der Waals surface area contributed by atoms with Gasteiger partial charge in [-0.1, -0.05) is 6.07 Å². The van der Waals surface area contributed by atoms with Gasteiger partial charge in [0.15, 0.2) is 0 Å². The van der Waals surface area contributed by atoms with Gasteiger partial charge in [0, 0.05) is 19.4 Å². The van der Waals surface area contributed by atoms with Gasteiger partial charge in [-0.3, -0.25) is 9.69 Å². The molecule has 0 aromatic carbocycles. The number of hydrogen-bond donors (Lipinski definition) is 2. The van der Waals surface area contributed by atoms with Crippen molar-refractivity contribution in [2.45, 2.75) is 32.4 Å². The van der Waals surface area contributed by atoms with E-state index < -0.39 is 0 Å². The van der Waals surface area contributed by atoms with Crippen LogP contribution in [0, 0.1) is 6.92 Å². The molecule has 3 aromatic heterocycles. The van der Waals surface area contributed by atoms with Gasteiger partial charge in [-0.25, -0.2) is 15.0 Å². The molecule has 0 radical (unpaired) electrons. The molecule has 1 saturated heterocycles. The summed E-state index contributed by atoms with van der Waals surface area (Å²) in [5, 5.41) is 7.01. The smallest absolute Gasteiger partial charge is 0.237 e. The van der Waals surface area contributed by atoms with E-state index in [4.69, 9.17) is 4.98 Å². The highest BCUT2D eigenvalue weighted by Gasteiger charge is 2.30. The van der Waals surface area contributed by atoms with Gasteiger partial charge in [-0.05, 0) is 56.1 Å². The quantitative estimate of drug-likeness (QED) is 0.651. The molecule has 0 spiro atoms. The summed E-state index contributed by atoms with van der Waals surface area (Å²) in [6.45, 7) is 3.65. The van der Waals surface area contributed by atoms with Gasteiger partial charge in [-0.15, -0.1) is 11.3 Å². The number of nitrogens with one attached hydrogen (secondary N) is 2. The zero-order chi connectivity index (χ0) is 20.2. The van der Waals surface area contributed by atoms with Crippen molar-refractivity contribution in [3.05, 3.63) is 53.3 Å². The van der Waals surface area contributed by atoms with Gasteiger partial charge in [-0.2, -0.15) is 0 Å². The summed E-state index contributed by atoms with van der Waals surface area (Å²) in [5.74, 6) is 1.60. The first-order valence-corrected chi connectivity index (χ1v) is 10.5. The van der Waals surface area contributed by atoms with Crippen LogP contribution in [0.4, 0.5) is 11.6 Å². The fraction of sp³-hybridized carbons (Fsp3) is 0.333. The number of carbonyl (C=O) groups excluding carboxylic acids is 1. The zero-order valence-electron chi connectivity index (χ0n) is 16.6. The summed E-state index contributed by atoms with van der Waals surface area (Å²) < 4.78 is 0. The number of aromatic nitrogens is 3. The minimum Gasteiger partial charge on any atom is -0.358 e. The molecule has 1 fully saturated rings. The van der Waals surface area contributed by atoms with Crippen molar-refractivity contribution in [3.8, 4) is 10.6 Å². The molecule has 3 aromatic rings. The van der Waals surface area contributed by atoms with Gasteiger partial charge in [0.25, 0.3) is 0 Å². The van der Waals surface area contributed by atoms with E-state index in [1.807, 2.05) is 43.5 Å². The highest BCUT2D eigenvalue weighted by Crippen LogP contribution is 2.28. The maximum absolute atomic E-state index is 12.1. The Morgan fingerprint density at radius 3 is 3.00 bits per heavy atom. The summed E-state index contributed by atoms with van der Waals surface area (Å²) in [7, 11) is 1.69. The van der Waals surface area contributed by atoms with E-state index in [0.29, 0.717) is 6.54 Å². The van der Waals surface area contributed by atoms with Gasteiger partial charge < -0.3 is 10.6 Å². The van der Waals surface area contributed by atoms with Crippen LogP contribution in [-0.2, 0) is 11.3 Å². The lowest BCUT2D eigenvalue weighted by molar-refractivity contribution is -0.125. The molecule has 150 valence electrons. The van der Waals surface area contributed by atoms with Gasteiger partial charge >= 0.3 is 0 Å². The number of aryl methyl sites for hydroxylation is 1. The number of rotatable bonds is 6. The fourth-order valence-corrected chi connectivity index (χ4v) is 4.45. The molecule has 29 heavy (non-hydrogen) atoms. The van der Waals surface area contributed by atoms with Crippen LogP contribution < -0.4 is 10.6 Å². The molecule has 0 unspecified atom stereocenters. The Hall–Kier alpha value is -2.84. The largest absolute Gasteiger partial charge is 0.358 e. The molecule has 1 aliphatic rings. The van der Waals surface area contributed by atoms with Crippen molar-refractivity contribution < 1.29 is 4.79 Å². The number of carbonyl (C=O) groups is 1. The number of amides is 1. The Morgan fingerprint density at radius 2 is 2.17 bits per heavy atom. The van der Waals surface area contributed by atoms with Crippen LogP contribution in [0.3, 0.4) is 0 Å². The summed E-state index contributed by atoms with van der Waals surface area (Å²) in [4.78, 5) is 28.9. The number of thiazole rings is 1. The minimum atomic E-state index is -0.0557. The van der Waals surface area contributed by atoms with Crippen molar-refractivity contribution in [3.63, 3.8) is 0 Å². The van der Waals surface area contributed by atoms with E-state index in [-0.39, 0.29) is 11.9 Å². The van der Waals surface area contributed by atoms with E-state index in [1.54, 1.807) is 24.6 Å². The Bertz CT molecular complexity index is 1000. The van der Waals surface area contributed by atoms with Crippen molar-refractivity contribution in [1.82, 2.24) is 25.2 Å². The Kier molecular flexibility index (Phi) is 5.82.